The van der Waals surface area contributed by atoms with E-state index in [9.17, 15) is 4.39 Å². The van der Waals surface area contributed by atoms with Crippen molar-refractivity contribution in [3.8, 4) is 0 Å². The summed E-state index contributed by atoms with van der Waals surface area (Å²) in [4.78, 5) is 0. The fourth-order valence-electron chi connectivity index (χ4n) is 2.88. The van der Waals surface area contributed by atoms with Gasteiger partial charge in [0.05, 0.1) is 0 Å². The summed E-state index contributed by atoms with van der Waals surface area (Å²) in [5.41, 5.74) is 1.17. The summed E-state index contributed by atoms with van der Waals surface area (Å²) < 4.78 is 12.8. The van der Waals surface area contributed by atoms with Gasteiger partial charge < -0.3 is 5.32 Å². The van der Waals surface area contributed by atoms with E-state index in [0.29, 0.717) is 5.88 Å². The van der Waals surface area contributed by atoms with Gasteiger partial charge in [-0.1, -0.05) is 31.9 Å². The third-order valence-corrected chi connectivity index (χ3v) is 4.44. The number of nitrogens with one attached hydrogen (secondary N) is 1. The van der Waals surface area contributed by atoms with Gasteiger partial charge in [-0.15, -0.1) is 11.6 Å². The van der Waals surface area contributed by atoms with E-state index in [0.717, 1.165) is 30.9 Å². The third kappa shape index (κ3) is 3.46. The highest BCUT2D eigenvalue weighted by molar-refractivity contribution is 6.18. The van der Waals surface area contributed by atoms with Crippen molar-refractivity contribution < 1.29 is 4.39 Å². The van der Waals surface area contributed by atoms with E-state index in [4.69, 9.17) is 11.6 Å². The molecule has 3 heteroatoms. The highest BCUT2D eigenvalue weighted by Crippen LogP contribution is 2.33. The molecule has 0 bridgehead atoms. The van der Waals surface area contributed by atoms with Crippen LogP contribution in [0.15, 0.2) is 24.3 Å². The highest BCUT2D eigenvalue weighted by atomic mass is 35.5. The molecule has 1 saturated carbocycles. The number of halogens is 2. The Bertz CT molecular complexity index is 379. The highest BCUT2D eigenvalue weighted by Gasteiger charge is 2.33. The minimum Gasteiger partial charge on any atom is -0.306 e. The van der Waals surface area contributed by atoms with E-state index in [1.54, 1.807) is 0 Å². The minimum atomic E-state index is -0.183. The molecule has 1 nitrogen and oxygen atoms in total. The predicted octanol–water partition coefficient (Wildman–Crippen LogP) is 4.10. The first-order valence-corrected chi connectivity index (χ1v) is 7.22. The largest absolute Gasteiger partial charge is 0.306 e. The van der Waals surface area contributed by atoms with Crippen molar-refractivity contribution in [1.29, 1.82) is 0 Å². The van der Waals surface area contributed by atoms with Crippen LogP contribution in [0.2, 0.25) is 0 Å². The molecule has 18 heavy (non-hydrogen) atoms. The second-order valence-electron chi connectivity index (χ2n) is 5.60. The first-order valence-electron chi connectivity index (χ1n) is 6.69. The molecular formula is C15H21ClFN. The minimum absolute atomic E-state index is 0.0631. The Morgan fingerprint density at radius 2 is 2.11 bits per heavy atom. The van der Waals surface area contributed by atoms with E-state index in [1.807, 2.05) is 12.1 Å². The maximum absolute atomic E-state index is 12.8. The molecule has 1 N–H and O–H groups in total. The molecule has 0 radical (unpaired) electrons. The topological polar surface area (TPSA) is 12.0 Å². The van der Waals surface area contributed by atoms with Gasteiger partial charge in [-0.05, 0) is 36.5 Å². The first-order chi connectivity index (χ1) is 8.63. The van der Waals surface area contributed by atoms with Crippen molar-refractivity contribution in [3.05, 3.63) is 35.6 Å². The van der Waals surface area contributed by atoms with Crippen LogP contribution in [0, 0.1) is 11.7 Å². The van der Waals surface area contributed by atoms with E-state index in [-0.39, 0.29) is 11.4 Å². The molecule has 0 amide bonds. The van der Waals surface area contributed by atoms with Crippen LogP contribution in [0.4, 0.5) is 4.39 Å². The summed E-state index contributed by atoms with van der Waals surface area (Å²) in [6.07, 6.45) is 4.82. The molecule has 0 aromatic heterocycles. The van der Waals surface area contributed by atoms with Gasteiger partial charge in [0, 0.05) is 18.0 Å². The molecule has 2 atom stereocenters. The predicted molar refractivity (Wildman–Crippen MR) is 74.3 cm³/mol. The Labute approximate surface area is 114 Å². The van der Waals surface area contributed by atoms with Gasteiger partial charge in [0.25, 0.3) is 0 Å². The fraction of sp³-hybridized carbons (Fsp3) is 0.600. The van der Waals surface area contributed by atoms with E-state index in [2.05, 4.69) is 12.2 Å². The molecule has 0 aliphatic heterocycles. The summed E-state index contributed by atoms with van der Waals surface area (Å²) in [6, 6.07) is 6.68. The van der Waals surface area contributed by atoms with Gasteiger partial charge in [0.2, 0.25) is 0 Å². The van der Waals surface area contributed by atoms with Crippen molar-refractivity contribution >= 4 is 11.6 Å². The fourth-order valence-corrected chi connectivity index (χ4v) is 3.22. The van der Waals surface area contributed by atoms with Crippen LogP contribution in [0.25, 0.3) is 0 Å². The monoisotopic (exact) mass is 269 g/mol. The summed E-state index contributed by atoms with van der Waals surface area (Å²) >= 11 is 6.17. The number of rotatable bonds is 4. The van der Waals surface area contributed by atoms with Crippen molar-refractivity contribution in [3.63, 3.8) is 0 Å². The van der Waals surface area contributed by atoms with Gasteiger partial charge in [-0.3, -0.25) is 0 Å². The quantitative estimate of drug-likeness (QED) is 0.812. The van der Waals surface area contributed by atoms with Crippen molar-refractivity contribution in [2.45, 2.75) is 44.7 Å². The van der Waals surface area contributed by atoms with Crippen LogP contribution in [-0.4, -0.2) is 11.4 Å². The van der Waals surface area contributed by atoms with Crippen LogP contribution < -0.4 is 5.32 Å². The average molecular weight is 270 g/mol. The van der Waals surface area contributed by atoms with E-state index < -0.39 is 0 Å². The summed E-state index contributed by atoms with van der Waals surface area (Å²) in [5, 5.41) is 3.60. The molecule has 0 spiro atoms. The second kappa shape index (κ2) is 6.03. The smallest absolute Gasteiger partial charge is 0.123 e. The average Bonchev–Trinajstić information content (AvgIpc) is 2.38. The standard InChI is InChI=1S/C15H21ClFN/c1-12-3-2-8-15(9-12,11-16)18-10-13-4-6-14(17)7-5-13/h4-7,12,18H,2-3,8-11H2,1H3. The van der Waals surface area contributed by atoms with Crippen LogP contribution >= 0.6 is 11.6 Å². The lowest BCUT2D eigenvalue weighted by Crippen LogP contribution is -2.49. The first kappa shape index (κ1) is 13.8. The van der Waals surface area contributed by atoms with E-state index >= 15 is 0 Å². The maximum Gasteiger partial charge on any atom is 0.123 e. The van der Waals surface area contributed by atoms with Gasteiger partial charge in [-0.2, -0.15) is 0 Å². The van der Waals surface area contributed by atoms with E-state index in [1.165, 1.54) is 25.0 Å². The Morgan fingerprint density at radius 1 is 1.39 bits per heavy atom. The molecule has 1 aliphatic rings. The Hall–Kier alpha value is -0.600. The number of alkyl halides is 1. The summed E-state index contributed by atoms with van der Waals surface area (Å²) in [7, 11) is 0. The lowest BCUT2D eigenvalue weighted by Gasteiger charge is -2.39. The lowest BCUT2D eigenvalue weighted by atomic mass is 9.77. The van der Waals surface area contributed by atoms with Crippen LogP contribution in [0.5, 0.6) is 0 Å². The molecule has 0 heterocycles. The van der Waals surface area contributed by atoms with Gasteiger partial charge >= 0.3 is 0 Å². The normalized spacial score (nSPS) is 28.3. The Balaban J connectivity index is 1.96. The Kier molecular flexibility index (Phi) is 4.63. The van der Waals surface area contributed by atoms with Crippen LogP contribution in [-0.2, 0) is 6.54 Å². The molecule has 1 fully saturated rings. The summed E-state index contributed by atoms with van der Waals surface area (Å²) in [6.45, 7) is 3.06. The number of hydrogen-bond acceptors (Lipinski definition) is 1. The van der Waals surface area contributed by atoms with Gasteiger partial charge in [0.15, 0.2) is 0 Å². The van der Waals surface area contributed by atoms with Crippen LogP contribution in [0.3, 0.4) is 0 Å². The van der Waals surface area contributed by atoms with Crippen molar-refractivity contribution in [2.24, 2.45) is 5.92 Å². The SMILES string of the molecule is CC1CCCC(CCl)(NCc2ccc(F)cc2)C1. The molecule has 2 unspecified atom stereocenters. The number of hydrogen-bond donors (Lipinski definition) is 1. The molecule has 0 saturated heterocycles. The lowest BCUT2D eigenvalue weighted by molar-refractivity contribution is 0.207. The zero-order valence-electron chi connectivity index (χ0n) is 10.9. The zero-order chi connectivity index (χ0) is 13.0. The Morgan fingerprint density at radius 3 is 2.72 bits per heavy atom. The molecule has 1 aromatic carbocycles. The van der Waals surface area contributed by atoms with Crippen molar-refractivity contribution in [1.82, 2.24) is 5.32 Å². The zero-order valence-corrected chi connectivity index (χ0v) is 11.6. The third-order valence-electron chi connectivity index (χ3n) is 3.93. The molecule has 2 rings (SSSR count). The van der Waals surface area contributed by atoms with Crippen molar-refractivity contribution in [2.75, 3.05) is 5.88 Å². The molecule has 1 aliphatic carbocycles. The molecular weight excluding hydrogens is 249 g/mol. The van der Waals surface area contributed by atoms with Gasteiger partial charge in [0.1, 0.15) is 5.82 Å². The van der Waals surface area contributed by atoms with Gasteiger partial charge in [-0.25, -0.2) is 4.39 Å². The molecule has 1 aromatic rings. The number of benzene rings is 1. The second-order valence-corrected chi connectivity index (χ2v) is 5.86. The summed E-state index contributed by atoms with van der Waals surface area (Å²) in [5.74, 6) is 1.20. The maximum atomic E-state index is 12.8. The molecule has 100 valence electrons. The van der Waals surface area contributed by atoms with Crippen LogP contribution in [0.1, 0.15) is 38.2 Å².